The Morgan fingerprint density at radius 2 is 2.20 bits per heavy atom. The average Bonchev–Trinajstić information content (AvgIpc) is 3.05. The van der Waals surface area contributed by atoms with E-state index in [1.54, 1.807) is 5.56 Å². The van der Waals surface area contributed by atoms with Crippen LogP contribution in [-0.4, -0.2) is 30.1 Å². The fourth-order valence-electron chi connectivity index (χ4n) is 3.80. The van der Waals surface area contributed by atoms with Gasteiger partial charge in [-0.1, -0.05) is 28.1 Å². The van der Waals surface area contributed by atoms with Gasteiger partial charge in [0.1, 0.15) is 0 Å². The topological polar surface area (TPSA) is 15.3 Å². The molecule has 1 heterocycles. The maximum absolute atomic E-state index is 3.72. The van der Waals surface area contributed by atoms with Gasteiger partial charge >= 0.3 is 0 Å². The molecule has 1 saturated heterocycles. The number of hydrogen-bond donors (Lipinski definition) is 1. The molecule has 2 aliphatic rings. The summed E-state index contributed by atoms with van der Waals surface area (Å²) in [5, 5.41) is 3.65. The van der Waals surface area contributed by atoms with E-state index in [2.05, 4.69) is 58.2 Å². The average molecular weight is 337 g/mol. The van der Waals surface area contributed by atoms with Crippen LogP contribution in [0.15, 0.2) is 22.7 Å². The largest absolute Gasteiger partial charge is 0.313 e. The number of nitrogens with zero attached hydrogens (tertiary/aromatic N) is 1. The highest BCUT2D eigenvalue weighted by molar-refractivity contribution is 9.10. The molecule has 110 valence electrons. The van der Waals surface area contributed by atoms with Crippen LogP contribution in [0.1, 0.15) is 50.3 Å². The van der Waals surface area contributed by atoms with Gasteiger partial charge in [-0.3, -0.25) is 4.90 Å². The highest BCUT2D eigenvalue weighted by Gasteiger charge is 2.32. The predicted molar refractivity (Wildman–Crippen MR) is 88.1 cm³/mol. The molecule has 0 bridgehead atoms. The lowest BCUT2D eigenvalue weighted by atomic mass is 10.0. The van der Waals surface area contributed by atoms with Gasteiger partial charge in [0.2, 0.25) is 0 Å². The fraction of sp³-hybridized carbons (Fsp3) is 0.647. The monoisotopic (exact) mass is 336 g/mol. The van der Waals surface area contributed by atoms with Crippen molar-refractivity contribution < 1.29 is 0 Å². The van der Waals surface area contributed by atoms with Crippen molar-refractivity contribution in [3.8, 4) is 0 Å². The van der Waals surface area contributed by atoms with Crippen molar-refractivity contribution >= 4 is 15.9 Å². The van der Waals surface area contributed by atoms with E-state index in [1.165, 1.54) is 48.8 Å². The fourth-order valence-corrected chi connectivity index (χ4v) is 4.38. The van der Waals surface area contributed by atoms with Crippen molar-refractivity contribution in [2.24, 2.45) is 0 Å². The Kier molecular flexibility index (Phi) is 4.49. The van der Waals surface area contributed by atoms with Crippen LogP contribution in [0, 0.1) is 0 Å². The third-order valence-electron chi connectivity index (χ3n) is 4.84. The molecule has 2 nitrogen and oxygen atoms in total. The molecule has 0 aromatic heterocycles. The van der Waals surface area contributed by atoms with Gasteiger partial charge in [0.05, 0.1) is 0 Å². The summed E-state index contributed by atoms with van der Waals surface area (Å²) in [5.74, 6) is 0. The van der Waals surface area contributed by atoms with E-state index in [9.17, 15) is 0 Å². The summed E-state index contributed by atoms with van der Waals surface area (Å²) in [5.41, 5.74) is 3.08. The summed E-state index contributed by atoms with van der Waals surface area (Å²) < 4.78 is 1.29. The van der Waals surface area contributed by atoms with Gasteiger partial charge < -0.3 is 5.32 Å². The summed E-state index contributed by atoms with van der Waals surface area (Å²) in [6.45, 7) is 7.06. The third kappa shape index (κ3) is 2.81. The summed E-state index contributed by atoms with van der Waals surface area (Å²) in [6.07, 6.45) is 5.15. The van der Waals surface area contributed by atoms with Crippen LogP contribution in [0.5, 0.6) is 0 Å². The van der Waals surface area contributed by atoms with E-state index in [1.807, 2.05) is 0 Å². The molecular formula is C17H25BrN2. The predicted octanol–water partition coefficient (Wildman–Crippen LogP) is 3.90. The summed E-state index contributed by atoms with van der Waals surface area (Å²) in [7, 11) is 0. The van der Waals surface area contributed by atoms with Crippen molar-refractivity contribution in [3.05, 3.63) is 33.8 Å². The zero-order valence-electron chi connectivity index (χ0n) is 12.5. The molecule has 3 heteroatoms. The highest BCUT2D eigenvalue weighted by atomic mass is 79.9. The zero-order valence-corrected chi connectivity index (χ0v) is 14.1. The molecule has 0 spiro atoms. The first-order valence-corrected chi connectivity index (χ1v) is 8.72. The van der Waals surface area contributed by atoms with Crippen molar-refractivity contribution in [1.82, 2.24) is 10.2 Å². The maximum atomic E-state index is 3.72. The van der Waals surface area contributed by atoms with Gasteiger partial charge in [0.15, 0.2) is 0 Å². The molecule has 20 heavy (non-hydrogen) atoms. The maximum Gasteiger partial charge on any atom is 0.0357 e. The van der Waals surface area contributed by atoms with Crippen molar-refractivity contribution in [2.75, 3.05) is 13.1 Å². The summed E-state index contributed by atoms with van der Waals surface area (Å²) in [6, 6.07) is 8.59. The van der Waals surface area contributed by atoms with Crippen molar-refractivity contribution in [2.45, 2.75) is 57.7 Å². The Labute approximate surface area is 131 Å². The Morgan fingerprint density at radius 1 is 1.35 bits per heavy atom. The van der Waals surface area contributed by atoms with Crippen LogP contribution in [0.2, 0.25) is 0 Å². The summed E-state index contributed by atoms with van der Waals surface area (Å²) in [4.78, 5) is 2.71. The van der Waals surface area contributed by atoms with Crippen LogP contribution in [0.4, 0.5) is 0 Å². The van der Waals surface area contributed by atoms with Gasteiger partial charge in [-0.15, -0.1) is 0 Å². The number of fused-ring (bicyclic) bond motifs is 1. The minimum atomic E-state index is 0.602. The van der Waals surface area contributed by atoms with Crippen LogP contribution >= 0.6 is 15.9 Å². The molecular weight excluding hydrogens is 312 g/mol. The first-order valence-electron chi connectivity index (χ1n) is 7.93. The van der Waals surface area contributed by atoms with E-state index in [0.717, 1.165) is 0 Å². The smallest absolute Gasteiger partial charge is 0.0357 e. The van der Waals surface area contributed by atoms with Crippen LogP contribution < -0.4 is 5.32 Å². The van der Waals surface area contributed by atoms with Gasteiger partial charge in [0, 0.05) is 29.1 Å². The van der Waals surface area contributed by atoms with Gasteiger partial charge in [-0.2, -0.15) is 0 Å². The molecule has 0 saturated carbocycles. The zero-order chi connectivity index (χ0) is 14.1. The molecule has 1 aromatic carbocycles. The molecule has 1 fully saturated rings. The molecule has 2 unspecified atom stereocenters. The first kappa shape index (κ1) is 14.6. The third-order valence-corrected chi connectivity index (χ3v) is 5.58. The van der Waals surface area contributed by atoms with Gasteiger partial charge in [0.25, 0.3) is 0 Å². The molecule has 1 aromatic rings. The molecule has 1 aliphatic carbocycles. The number of rotatable bonds is 4. The van der Waals surface area contributed by atoms with Crippen molar-refractivity contribution in [1.29, 1.82) is 0 Å². The molecule has 2 atom stereocenters. The SMILES string of the molecule is CC(C)N(CC1CCCN1)C1CCc2c(Br)cccc21. The second-order valence-electron chi connectivity index (χ2n) is 6.45. The lowest BCUT2D eigenvalue weighted by Crippen LogP contribution is -2.42. The Hall–Kier alpha value is -0.380. The Bertz CT molecular complexity index is 466. The quantitative estimate of drug-likeness (QED) is 0.896. The Morgan fingerprint density at radius 3 is 2.90 bits per heavy atom. The van der Waals surface area contributed by atoms with E-state index >= 15 is 0 Å². The lowest BCUT2D eigenvalue weighted by Gasteiger charge is -2.35. The van der Waals surface area contributed by atoms with Crippen LogP contribution in [0.3, 0.4) is 0 Å². The Balaban J connectivity index is 1.81. The van der Waals surface area contributed by atoms with Gasteiger partial charge in [-0.05, 0) is 63.3 Å². The number of hydrogen-bond acceptors (Lipinski definition) is 2. The molecule has 1 N–H and O–H groups in total. The molecule has 1 aliphatic heterocycles. The van der Waals surface area contributed by atoms with Gasteiger partial charge in [-0.25, -0.2) is 0 Å². The minimum absolute atomic E-state index is 0.602. The second kappa shape index (κ2) is 6.17. The van der Waals surface area contributed by atoms with E-state index < -0.39 is 0 Å². The highest BCUT2D eigenvalue weighted by Crippen LogP contribution is 2.40. The van der Waals surface area contributed by atoms with Crippen molar-refractivity contribution in [3.63, 3.8) is 0 Å². The minimum Gasteiger partial charge on any atom is -0.313 e. The van der Waals surface area contributed by atoms with E-state index in [0.29, 0.717) is 18.1 Å². The lowest BCUT2D eigenvalue weighted by molar-refractivity contribution is 0.139. The van der Waals surface area contributed by atoms with E-state index in [4.69, 9.17) is 0 Å². The molecule has 0 amide bonds. The second-order valence-corrected chi connectivity index (χ2v) is 7.30. The summed E-state index contributed by atoms with van der Waals surface area (Å²) >= 11 is 3.72. The van der Waals surface area contributed by atoms with E-state index in [-0.39, 0.29) is 0 Å². The molecule has 0 radical (unpaired) electrons. The normalized spacial score (nSPS) is 25.6. The van der Waals surface area contributed by atoms with Crippen LogP contribution in [-0.2, 0) is 6.42 Å². The standard InChI is InChI=1S/C17H25BrN2/c1-12(2)20(11-13-5-4-10-19-13)17-9-8-14-15(17)6-3-7-16(14)18/h3,6-7,12-13,17,19H,4-5,8-11H2,1-2H3. The number of benzene rings is 1. The number of halogens is 1. The molecule has 3 rings (SSSR count). The first-order chi connectivity index (χ1) is 9.66. The van der Waals surface area contributed by atoms with Crippen LogP contribution in [0.25, 0.3) is 0 Å². The number of nitrogens with one attached hydrogen (secondary N) is 1.